The molecule has 0 aliphatic rings. The second-order valence-electron chi connectivity index (χ2n) is 7.69. The number of aryl methyl sites for hydroxylation is 4. The van der Waals surface area contributed by atoms with E-state index in [4.69, 9.17) is 0 Å². The number of carbonyl (C=O) groups excluding carboxylic acids is 2. The Hall–Kier alpha value is -3.41. The largest absolute Gasteiger partial charge is 0.343 e. The minimum absolute atomic E-state index is 0.103. The summed E-state index contributed by atoms with van der Waals surface area (Å²) >= 11 is 0. The molecular weight excluding hydrogens is 376 g/mol. The third-order valence-electron chi connectivity index (χ3n) is 5.13. The number of nitrogens with zero attached hydrogens (tertiary/aromatic N) is 2. The fourth-order valence-electron chi connectivity index (χ4n) is 3.75. The first-order valence-corrected chi connectivity index (χ1v) is 10.00. The fraction of sp³-hybridized carbons (Fsp3) is 0.292. The van der Waals surface area contributed by atoms with Crippen molar-refractivity contribution in [2.75, 3.05) is 11.9 Å². The molecule has 0 saturated heterocycles. The van der Waals surface area contributed by atoms with E-state index in [-0.39, 0.29) is 18.4 Å². The molecule has 0 aliphatic heterocycles. The summed E-state index contributed by atoms with van der Waals surface area (Å²) in [6.45, 7) is 10.1. The molecule has 0 fully saturated rings. The molecule has 0 spiro atoms. The van der Waals surface area contributed by atoms with Gasteiger partial charge in [0.05, 0.1) is 24.3 Å². The third-order valence-corrected chi connectivity index (χ3v) is 5.13. The summed E-state index contributed by atoms with van der Waals surface area (Å²) in [4.78, 5) is 25.2. The van der Waals surface area contributed by atoms with E-state index in [1.807, 2.05) is 81.8 Å². The zero-order valence-electron chi connectivity index (χ0n) is 18.2. The van der Waals surface area contributed by atoms with Gasteiger partial charge in [0.15, 0.2) is 0 Å². The van der Waals surface area contributed by atoms with Crippen molar-refractivity contribution in [2.45, 2.75) is 41.2 Å². The molecule has 0 saturated carbocycles. The molecule has 30 heavy (non-hydrogen) atoms. The number of anilines is 1. The molecule has 0 atom stereocenters. The number of aromatic nitrogens is 2. The van der Waals surface area contributed by atoms with Gasteiger partial charge in [-0.1, -0.05) is 48.0 Å². The van der Waals surface area contributed by atoms with E-state index in [0.29, 0.717) is 17.8 Å². The molecule has 1 heterocycles. The topological polar surface area (TPSA) is 76.0 Å². The molecule has 1 aromatic heterocycles. The maximum absolute atomic E-state index is 12.7. The Labute approximate surface area is 177 Å². The number of rotatable bonds is 6. The van der Waals surface area contributed by atoms with Gasteiger partial charge in [0.25, 0.3) is 5.91 Å². The number of hydrogen-bond acceptors (Lipinski definition) is 3. The summed E-state index contributed by atoms with van der Waals surface area (Å²) in [6, 6.07) is 14.0. The van der Waals surface area contributed by atoms with Gasteiger partial charge in [-0.05, 0) is 51.3 Å². The predicted molar refractivity (Wildman–Crippen MR) is 119 cm³/mol. The Morgan fingerprint density at radius 2 is 1.60 bits per heavy atom. The standard InChI is InChI=1S/C24H28N4O2/c1-15-11-16(2)23(17(3)12-15)26-21(29)13-25-24(30)22-18(4)27-28(19(22)5)14-20-9-7-6-8-10-20/h6-12H,13-14H2,1-5H3,(H,25,30)(H,26,29). The summed E-state index contributed by atoms with van der Waals surface area (Å²) in [7, 11) is 0. The zero-order valence-corrected chi connectivity index (χ0v) is 18.2. The normalized spacial score (nSPS) is 10.7. The molecule has 3 rings (SSSR count). The average Bonchev–Trinajstić information content (AvgIpc) is 2.96. The van der Waals surface area contributed by atoms with E-state index < -0.39 is 0 Å². The molecular formula is C24H28N4O2. The van der Waals surface area contributed by atoms with Crippen LogP contribution in [0.15, 0.2) is 42.5 Å². The van der Waals surface area contributed by atoms with Crippen molar-refractivity contribution >= 4 is 17.5 Å². The van der Waals surface area contributed by atoms with Crippen LogP contribution in [0.5, 0.6) is 0 Å². The first-order chi connectivity index (χ1) is 14.3. The van der Waals surface area contributed by atoms with Gasteiger partial charge in [0.1, 0.15) is 0 Å². The Kier molecular flexibility index (Phi) is 6.35. The minimum atomic E-state index is -0.295. The van der Waals surface area contributed by atoms with Crippen LogP contribution in [-0.2, 0) is 11.3 Å². The van der Waals surface area contributed by atoms with Crippen molar-refractivity contribution in [3.63, 3.8) is 0 Å². The molecule has 3 aromatic rings. The van der Waals surface area contributed by atoms with Crippen molar-refractivity contribution in [2.24, 2.45) is 0 Å². The van der Waals surface area contributed by atoms with Crippen LogP contribution >= 0.6 is 0 Å². The quantitative estimate of drug-likeness (QED) is 0.655. The maximum atomic E-state index is 12.7. The minimum Gasteiger partial charge on any atom is -0.343 e. The lowest BCUT2D eigenvalue weighted by atomic mass is 10.1. The molecule has 0 aliphatic carbocycles. The number of benzene rings is 2. The van der Waals surface area contributed by atoms with E-state index in [1.54, 1.807) is 0 Å². The highest BCUT2D eigenvalue weighted by Crippen LogP contribution is 2.21. The fourth-order valence-corrected chi connectivity index (χ4v) is 3.75. The first-order valence-electron chi connectivity index (χ1n) is 10.00. The lowest BCUT2D eigenvalue weighted by molar-refractivity contribution is -0.115. The van der Waals surface area contributed by atoms with E-state index >= 15 is 0 Å². The summed E-state index contributed by atoms with van der Waals surface area (Å²) in [5.41, 5.74) is 6.99. The lowest BCUT2D eigenvalue weighted by Crippen LogP contribution is -2.33. The maximum Gasteiger partial charge on any atom is 0.255 e. The van der Waals surface area contributed by atoms with E-state index in [2.05, 4.69) is 15.7 Å². The zero-order chi connectivity index (χ0) is 21.8. The molecule has 2 amide bonds. The van der Waals surface area contributed by atoms with Crippen LogP contribution in [0.2, 0.25) is 0 Å². The van der Waals surface area contributed by atoms with Crippen LogP contribution in [0.1, 0.15) is 44.0 Å². The Morgan fingerprint density at radius 3 is 2.23 bits per heavy atom. The van der Waals surface area contributed by atoms with Crippen LogP contribution in [0, 0.1) is 34.6 Å². The first kappa shape index (κ1) is 21.3. The molecule has 0 bridgehead atoms. The molecule has 156 valence electrons. The number of amides is 2. The van der Waals surface area contributed by atoms with Crippen LogP contribution in [0.25, 0.3) is 0 Å². The Morgan fingerprint density at radius 1 is 0.967 bits per heavy atom. The van der Waals surface area contributed by atoms with Gasteiger partial charge in [-0.15, -0.1) is 0 Å². The van der Waals surface area contributed by atoms with Gasteiger partial charge >= 0.3 is 0 Å². The number of nitrogens with one attached hydrogen (secondary N) is 2. The van der Waals surface area contributed by atoms with Gasteiger partial charge in [-0.3, -0.25) is 14.3 Å². The SMILES string of the molecule is Cc1cc(C)c(NC(=O)CNC(=O)c2c(C)nn(Cc3ccccc3)c2C)c(C)c1. The Balaban J connectivity index is 1.66. The van der Waals surface area contributed by atoms with Crippen LogP contribution in [0.4, 0.5) is 5.69 Å². The van der Waals surface area contributed by atoms with Crippen LogP contribution < -0.4 is 10.6 Å². The Bertz CT molecular complexity index is 1060. The molecule has 2 aromatic carbocycles. The molecule has 0 unspecified atom stereocenters. The highest BCUT2D eigenvalue weighted by atomic mass is 16.2. The number of hydrogen-bond donors (Lipinski definition) is 2. The molecule has 0 radical (unpaired) electrons. The molecule has 2 N–H and O–H groups in total. The summed E-state index contributed by atoms with van der Waals surface area (Å²) in [5.74, 6) is -0.554. The van der Waals surface area contributed by atoms with Gasteiger partial charge in [-0.25, -0.2) is 0 Å². The highest BCUT2D eigenvalue weighted by molar-refractivity contribution is 6.01. The van der Waals surface area contributed by atoms with Gasteiger partial charge in [-0.2, -0.15) is 5.10 Å². The van der Waals surface area contributed by atoms with E-state index in [9.17, 15) is 9.59 Å². The van der Waals surface area contributed by atoms with Gasteiger partial charge in [0.2, 0.25) is 5.91 Å². The third kappa shape index (κ3) is 4.76. The van der Waals surface area contributed by atoms with Crippen molar-refractivity contribution in [3.05, 3.63) is 81.7 Å². The van der Waals surface area contributed by atoms with E-state index in [1.165, 1.54) is 0 Å². The summed E-state index contributed by atoms with van der Waals surface area (Å²) in [6.07, 6.45) is 0. The monoisotopic (exact) mass is 404 g/mol. The van der Waals surface area contributed by atoms with E-state index in [0.717, 1.165) is 33.6 Å². The second-order valence-corrected chi connectivity index (χ2v) is 7.69. The predicted octanol–water partition coefficient (Wildman–Crippen LogP) is 3.84. The second kappa shape index (κ2) is 8.95. The van der Waals surface area contributed by atoms with Gasteiger partial charge in [0, 0.05) is 11.4 Å². The molecule has 6 nitrogen and oxygen atoms in total. The molecule has 6 heteroatoms. The summed E-state index contributed by atoms with van der Waals surface area (Å²) < 4.78 is 1.82. The lowest BCUT2D eigenvalue weighted by Gasteiger charge is -2.13. The van der Waals surface area contributed by atoms with Crippen LogP contribution in [0.3, 0.4) is 0 Å². The van der Waals surface area contributed by atoms with Gasteiger partial charge < -0.3 is 10.6 Å². The highest BCUT2D eigenvalue weighted by Gasteiger charge is 2.19. The van der Waals surface area contributed by atoms with Crippen LogP contribution in [-0.4, -0.2) is 28.1 Å². The van der Waals surface area contributed by atoms with Crippen molar-refractivity contribution in [1.29, 1.82) is 0 Å². The number of carbonyl (C=O) groups is 2. The smallest absolute Gasteiger partial charge is 0.255 e. The van der Waals surface area contributed by atoms with Crippen molar-refractivity contribution in [1.82, 2.24) is 15.1 Å². The van der Waals surface area contributed by atoms with Crippen molar-refractivity contribution < 1.29 is 9.59 Å². The van der Waals surface area contributed by atoms with Crippen molar-refractivity contribution in [3.8, 4) is 0 Å². The summed E-state index contributed by atoms with van der Waals surface area (Å²) in [5, 5.41) is 10.1. The average molecular weight is 405 g/mol.